The minimum atomic E-state index is -1.21. The van der Waals surface area contributed by atoms with Gasteiger partial charge in [0.25, 0.3) is 0 Å². The first kappa shape index (κ1) is 11.4. The minimum absolute atomic E-state index is 0.191. The van der Waals surface area contributed by atoms with Crippen LogP contribution in [-0.2, 0) is 11.2 Å². The van der Waals surface area contributed by atoms with Gasteiger partial charge < -0.3 is 9.84 Å². The second-order valence-electron chi connectivity index (χ2n) is 2.85. The van der Waals surface area contributed by atoms with Gasteiger partial charge in [0.05, 0.1) is 13.0 Å². The van der Waals surface area contributed by atoms with Gasteiger partial charge in [0.2, 0.25) is 5.82 Å². The monoisotopic (exact) mass is 216 g/mol. The number of carbonyl (C=O) groups is 1. The van der Waals surface area contributed by atoms with Gasteiger partial charge in [-0.3, -0.25) is 4.79 Å². The van der Waals surface area contributed by atoms with Crippen LogP contribution in [0.15, 0.2) is 12.1 Å². The SMILES string of the molecule is CCOc1ccc(CC(=O)O)c(F)c1F. The molecule has 0 heterocycles. The average Bonchev–Trinajstić information content (AvgIpc) is 2.17. The fourth-order valence-electron chi connectivity index (χ4n) is 1.14. The Labute approximate surface area is 85.3 Å². The van der Waals surface area contributed by atoms with Gasteiger partial charge in [-0.25, -0.2) is 4.39 Å². The van der Waals surface area contributed by atoms with Gasteiger partial charge in [-0.2, -0.15) is 4.39 Å². The summed E-state index contributed by atoms with van der Waals surface area (Å²) in [7, 11) is 0. The molecule has 0 saturated heterocycles. The number of aliphatic carboxylic acids is 1. The number of hydrogen-bond donors (Lipinski definition) is 1. The fourth-order valence-corrected chi connectivity index (χ4v) is 1.14. The molecular weight excluding hydrogens is 206 g/mol. The van der Waals surface area contributed by atoms with Gasteiger partial charge in [0.1, 0.15) is 0 Å². The van der Waals surface area contributed by atoms with Gasteiger partial charge in [-0.15, -0.1) is 0 Å². The number of ether oxygens (including phenoxy) is 1. The molecular formula is C10H10F2O3. The van der Waals surface area contributed by atoms with E-state index >= 15 is 0 Å². The summed E-state index contributed by atoms with van der Waals surface area (Å²) in [6.07, 6.45) is -0.546. The Morgan fingerprint density at radius 2 is 2.07 bits per heavy atom. The molecule has 0 spiro atoms. The van der Waals surface area contributed by atoms with Crippen molar-refractivity contribution in [2.75, 3.05) is 6.61 Å². The Kier molecular flexibility index (Phi) is 3.60. The molecule has 5 heteroatoms. The third kappa shape index (κ3) is 2.65. The van der Waals surface area contributed by atoms with Crippen LogP contribution in [0.1, 0.15) is 12.5 Å². The Morgan fingerprint density at radius 1 is 1.40 bits per heavy atom. The van der Waals surface area contributed by atoms with Crippen LogP contribution in [0.4, 0.5) is 8.78 Å². The van der Waals surface area contributed by atoms with E-state index in [4.69, 9.17) is 9.84 Å². The Bertz CT molecular complexity index is 377. The second-order valence-corrected chi connectivity index (χ2v) is 2.85. The lowest BCUT2D eigenvalue weighted by atomic mass is 10.1. The summed E-state index contributed by atoms with van der Waals surface area (Å²) in [5, 5.41) is 8.43. The van der Waals surface area contributed by atoms with E-state index in [0.717, 1.165) is 0 Å². The van der Waals surface area contributed by atoms with Crippen LogP contribution < -0.4 is 4.74 Å². The summed E-state index contributed by atoms with van der Waals surface area (Å²) in [6.45, 7) is 1.86. The van der Waals surface area contributed by atoms with Crippen molar-refractivity contribution >= 4 is 5.97 Å². The molecule has 1 N–H and O–H groups in total. The number of benzene rings is 1. The summed E-state index contributed by atoms with van der Waals surface area (Å²) < 4.78 is 31.2. The van der Waals surface area contributed by atoms with Crippen molar-refractivity contribution < 1.29 is 23.4 Å². The Balaban J connectivity index is 3.03. The zero-order valence-corrected chi connectivity index (χ0v) is 8.09. The molecule has 1 rings (SSSR count). The number of hydrogen-bond acceptors (Lipinski definition) is 2. The van der Waals surface area contributed by atoms with Crippen LogP contribution in [-0.4, -0.2) is 17.7 Å². The highest BCUT2D eigenvalue weighted by Crippen LogP contribution is 2.22. The summed E-state index contributed by atoms with van der Waals surface area (Å²) in [5.41, 5.74) is -0.191. The highest BCUT2D eigenvalue weighted by molar-refractivity contribution is 5.70. The molecule has 0 fully saturated rings. The van der Waals surface area contributed by atoms with E-state index in [1.54, 1.807) is 6.92 Å². The largest absolute Gasteiger partial charge is 0.491 e. The molecule has 0 bridgehead atoms. The Morgan fingerprint density at radius 3 is 2.60 bits per heavy atom. The van der Waals surface area contributed by atoms with E-state index in [1.807, 2.05) is 0 Å². The maximum Gasteiger partial charge on any atom is 0.307 e. The first-order valence-electron chi connectivity index (χ1n) is 4.37. The van der Waals surface area contributed by atoms with Gasteiger partial charge in [0, 0.05) is 5.56 Å². The third-order valence-corrected chi connectivity index (χ3v) is 1.77. The normalized spacial score (nSPS) is 10.1. The molecule has 0 aliphatic heterocycles. The van der Waals surface area contributed by atoms with Crippen molar-refractivity contribution in [1.82, 2.24) is 0 Å². The molecule has 0 atom stereocenters. The molecule has 0 aliphatic carbocycles. The molecule has 0 amide bonds. The fraction of sp³-hybridized carbons (Fsp3) is 0.300. The lowest BCUT2D eigenvalue weighted by Crippen LogP contribution is -2.05. The first-order valence-corrected chi connectivity index (χ1v) is 4.37. The molecule has 0 unspecified atom stereocenters. The van der Waals surface area contributed by atoms with Crippen molar-refractivity contribution in [3.63, 3.8) is 0 Å². The zero-order valence-electron chi connectivity index (χ0n) is 8.09. The molecule has 1 aromatic rings. The van der Waals surface area contributed by atoms with E-state index < -0.39 is 24.0 Å². The van der Waals surface area contributed by atoms with Crippen molar-refractivity contribution in [1.29, 1.82) is 0 Å². The summed E-state index contributed by atoms with van der Waals surface area (Å²) in [6, 6.07) is 2.43. The van der Waals surface area contributed by atoms with Gasteiger partial charge in [0.15, 0.2) is 11.6 Å². The second kappa shape index (κ2) is 4.72. The lowest BCUT2D eigenvalue weighted by molar-refractivity contribution is -0.136. The summed E-state index contributed by atoms with van der Waals surface area (Å²) in [5.74, 6) is -3.72. The average molecular weight is 216 g/mol. The quantitative estimate of drug-likeness (QED) is 0.837. The third-order valence-electron chi connectivity index (χ3n) is 1.77. The first-order chi connectivity index (χ1) is 7.06. The molecule has 82 valence electrons. The van der Waals surface area contributed by atoms with E-state index in [-0.39, 0.29) is 17.9 Å². The van der Waals surface area contributed by atoms with Crippen LogP contribution in [0.2, 0.25) is 0 Å². The lowest BCUT2D eigenvalue weighted by Gasteiger charge is -2.07. The standard InChI is InChI=1S/C10H10F2O3/c1-2-15-7-4-3-6(5-8(13)14)9(11)10(7)12/h3-4H,2,5H2,1H3,(H,13,14). The van der Waals surface area contributed by atoms with E-state index in [1.165, 1.54) is 12.1 Å². The van der Waals surface area contributed by atoms with Crippen molar-refractivity contribution in [2.24, 2.45) is 0 Å². The van der Waals surface area contributed by atoms with Gasteiger partial charge in [-0.1, -0.05) is 6.07 Å². The molecule has 0 radical (unpaired) electrons. The molecule has 1 aromatic carbocycles. The molecule has 3 nitrogen and oxygen atoms in total. The molecule has 0 aliphatic rings. The van der Waals surface area contributed by atoms with Crippen LogP contribution in [0.25, 0.3) is 0 Å². The zero-order chi connectivity index (χ0) is 11.4. The van der Waals surface area contributed by atoms with E-state index in [9.17, 15) is 13.6 Å². The highest BCUT2D eigenvalue weighted by atomic mass is 19.2. The minimum Gasteiger partial charge on any atom is -0.491 e. The van der Waals surface area contributed by atoms with Crippen LogP contribution in [0.5, 0.6) is 5.75 Å². The predicted molar refractivity (Wildman–Crippen MR) is 48.9 cm³/mol. The maximum absolute atomic E-state index is 13.2. The number of halogens is 2. The predicted octanol–water partition coefficient (Wildman–Crippen LogP) is 1.99. The van der Waals surface area contributed by atoms with Crippen LogP contribution >= 0.6 is 0 Å². The molecule has 15 heavy (non-hydrogen) atoms. The summed E-state index contributed by atoms with van der Waals surface area (Å²) >= 11 is 0. The van der Waals surface area contributed by atoms with Crippen molar-refractivity contribution in [3.8, 4) is 5.75 Å². The van der Waals surface area contributed by atoms with E-state index in [0.29, 0.717) is 0 Å². The van der Waals surface area contributed by atoms with Crippen LogP contribution in [0, 0.1) is 11.6 Å². The van der Waals surface area contributed by atoms with Gasteiger partial charge in [-0.05, 0) is 13.0 Å². The molecule has 0 aromatic heterocycles. The Hall–Kier alpha value is -1.65. The maximum atomic E-state index is 13.2. The number of carboxylic acids is 1. The van der Waals surface area contributed by atoms with E-state index in [2.05, 4.69) is 0 Å². The smallest absolute Gasteiger partial charge is 0.307 e. The summed E-state index contributed by atoms with van der Waals surface area (Å²) in [4.78, 5) is 10.3. The topological polar surface area (TPSA) is 46.5 Å². The molecule has 0 saturated carbocycles. The number of carboxylic acid groups (broad SMARTS) is 1. The van der Waals surface area contributed by atoms with Crippen LogP contribution in [0.3, 0.4) is 0 Å². The number of rotatable bonds is 4. The van der Waals surface area contributed by atoms with Crippen molar-refractivity contribution in [2.45, 2.75) is 13.3 Å². The van der Waals surface area contributed by atoms with Crippen molar-refractivity contribution in [3.05, 3.63) is 29.3 Å². The highest BCUT2D eigenvalue weighted by Gasteiger charge is 2.15. The van der Waals surface area contributed by atoms with Gasteiger partial charge >= 0.3 is 5.97 Å².